The Morgan fingerprint density at radius 3 is 2.43 bits per heavy atom. The number of hydrogen-bond acceptors (Lipinski definition) is 9. The first-order chi connectivity index (χ1) is 17.9. The van der Waals surface area contributed by atoms with Crippen molar-refractivity contribution >= 4 is 38.6 Å². The lowest BCUT2D eigenvalue weighted by molar-refractivity contribution is -0.112. The van der Waals surface area contributed by atoms with Crippen molar-refractivity contribution in [2.45, 2.75) is 11.3 Å². The number of benzene rings is 3. The highest BCUT2D eigenvalue weighted by atomic mass is 32.2. The van der Waals surface area contributed by atoms with Gasteiger partial charge in [0.05, 0.1) is 7.11 Å². The molecule has 3 aromatic carbocycles. The summed E-state index contributed by atoms with van der Waals surface area (Å²) in [4.78, 5) is 12.7. The highest BCUT2D eigenvalue weighted by Gasteiger charge is 2.19. The van der Waals surface area contributed by atoms with E-state index in [1.54, 1.807) is 12.1 Å². The number of nitriles is 1. The number of carbonyl (C=O) groups excluding carboxylic acids is 1. The lowest BCUT2D eigenvalue weighted by Gasteiger charge is -2.10. The van der Waals surface area contributed by atoms with Crippen molar-refractivity contribution in [3.8, 4) is 17.6 Å². The minimum atomic E-state index is -4.18. The van der Waals surface area contributed by atoms with Crippen LogP contribution in [-0.2, 0) is 21.3 Å². The molecular weight excluding hydrogens is 512 g/mol. The second-order valence-corrected chi connectivity index (χ2v) is 10.1. The Hall–Kier alpha value is -4.53. The van der Waals surface area contributed by atoms with E-state index in [1.165, 1.54) is 60.9 Å². The number of aromatic nitrogens is 2. The number of amides is 1. The third kappa shape index (κ3) is 6.58. The normalized spacial score (nSPS) is 11.4. The van der Waals surface area contributed by atoms with E-state index < -0.39 is 16.0 Å². The van der Waals surface area contributed by atoms with Crippen LogP contribution in [0.25, 0.3) is 6.08 Å². The van der Waals surface area contributed by atoms with E-state index in [-0.39, 0.29) is 26.9 Å². The van der Waals surface area contributed by atoms with E-state index in [0.29, 0.717) is 17.2 Å². The van der Waals surface area contributed by atoms with E-state index >= 15 is 0 Å². The average molecular weight is 533 g/mol. The maximum atomic E-state index is 12.8. The largest absolute Gasteiger partial charge is 0.497 e. The Bertz CT molecular complexity index is 1580. The summed E-state index contributed by atoms with van der Waals surface area (Å²) in [5.41, 5.74) is 1.02. The van der Waals surface area contributed by atoms with Crippen molar-refractivity contribution < 1.29 is 22.1 Å². The standard InChI is InChI=1S/C26H20N4O5S2/c1-34-21-11-13-22(14-12-21)37(32,33)35-23-10-6-5-9-19(23)16-20(17-27)25(31)28-26-30-29-24(36-26)15-18-7-3-2-4-8-18/h2-14,16H,15H2,1H3,(H,28,30,31)/b20-16+. The van der Waals surface area contributed by atoms with Crippen LogP contribution in [0.15, 0.2) is 89.3 Å². The zero-order valence-electron chi connectivity index (χ0n) is 19.5. The number of ether oxygens (including phenoxy) is 1. The highest BCUT2D eigenvalue weighted by molar-refractivity contribution is 7.87. The lowest BCUT2D eigenvalue weighted by Crippen LogP contribution is -2.13. The molecule has 0 saturated carbocycles. The van der Waals surface area contributed by atoms with Crippen LogP contribution in [0.1, 0.15) is 16.1 Å². The number of nitrogens with one attached hydrogen (secondary N) is 1. The van der Waals surface area contributed by atoms with Crippen LogP contribution in [0.2, 0.25) is 0 Å². The maximum Gasteiger partial charge on any atom is 0.339 e. The van der Waals surface area contributed by atoms with Crippen LogP contribution in [0, 0.1) is 11.3 Å². The minimum Gasteiger partial charge on any atom is -0.497 e. The monoisotopic (exact) mass is 532 g/mol. The Morgan fingerprint density at radius 2 is 1.73 bits per heavy atom. The molecule has 0 bridgehead atoms. The number of methoxy groups -OCH3 is 1. The third-order valence-corrected chi connectivity index (χ3v) is 7.10. The summed E-state index contributed by atoms with van der Waals surface area (Å²) in [6.07, 6.45) is 1.81. The summed E-state index contributed by atoms with van der Waals surface area (Å²) in [7, 11) is -2.71. The maximum absolute atomic E-state index is 12.8. The number of carbonyl (C=O) groups is 1. The van der Waals surface area contributed by atoms with Crippen LogP contribution in [-0.4, -0.2) is 31.6 Å². The molecule has 1 aromatic heterocycles. The van der Waals surface area contributed by atoms with Gasteiger partial charge in [-0.15, -0.1) is 10.2 Å². The fourth-order valence-corrected chi connectivity index (χ4v) is 4.92. The molecule has 9 nitrogen and oxygen atoms in total. The van der Waals surface area contributed by atoms with Crippen LogP contribution in [0.3, 0.4) is 0 Å². The van der Waals surface area contributed by atoms with Gasteiger partial charge in [-0.1, -0.05) is 59.9 Å². The van der Waals surface area contributed by atoms with Crippen LogP contribution < -0.4 is 14.2 Å². The van der Waals surface area contributed by atoms with E-state index in [0.717, 1.165) is 5.56 Å². The molecule has 37 heavy (non-hydrogen) atoms. The van der Waals surface area contributed by atoms with Gasteiger partial charge in [0.1, 0.15) is 33.0 Å². The van der Waals surface area contributed by atoms with Gasteiger partial charge in [0.25, 0.3) is 5.91 Å². The van der Waals surface area contributed by atoms with Crippen molar-refractivity contribution in [1.29, 1.82) is 5.26 Å². The second-order valence-electron chi connectivity index (χ2n) is 7.54. The molecule has 4 rings (SSSR count). The zero-order valence-corrected chi connectivity index (χ0v) is 21.1. The molecule has 0 radical (unpaired) electrons. The molecular formula is C26H20N4O5S2. The molecule has 0 saturated heterocycles. The Kier molecular flexibility index (Phi) is 7.92. The van der Waals surface area contributed by atoms with Crippen LogP contribution >= 0.6 is 11.3 Å². The van der Waals surface area contributed by atoms with Crippen molar-refractivity contribution in [3.05, 3.63) is 101 Å². The van der Waals surface area contributed by atoms with E-state index in [1.807, 2.05) is 36.4 Å². The molecule has 0 aliphatic rings. The van der Waals surface area contributed by atoms with Crippen LogP contribution in [0.4, 0.5) is 5.13 Å². The van der Waals surface area contributed by atoms with Crippen molar-refractivity contribution in [2.75, 3.05) is 12.4 Å². The minimum absolute atomic E-state index is 0.0417. The number of nitrogens with zero attached hydrogens (tertiary/aromatic N) is 3. The summed E-state index contributed by atoms with van der Waals surface area (Å²) >= 11 is 1.20. The smallest absolute Gasteiger partial charge is 0.339 e. The van der Waals surface area contributed by atoms with Crippen LogP contribution in [0.5, 0.6) is 11.5 Å². The first kappa shape index (κ1) is 25.6. The van der Waals surface area contributed by atoms with Gasteiger partial charge >= 0.3 is 10.1 Å². The number of rotatable bonds is 9. The predicted octanol–water partition coefficient (Wildman–Crippen LogP) is 4.45. The average Bonchev–Trinajstić information content (AvgIpc) is 3.34. The molecule has 4 aromatic rings. The fraction of sp³-hybridized carbons (Fsp3) is 0.0769. The summed E-state index contributed by atoms with van der Waals surface area (Å²) < 4.78 is 35.9. The molecule has 0 aliphatic heterocycles. The second kappa shape index (κ2) is 11.5. The van der Waals surface area contributed by atoms with Gasteiger partial charge in [-0.3, -0.25) is 10.1 Å². The van der Waals surface area contributed by atoms with Crippen molar-refractivity contribution in [3.63, 3.8) is 0 Å². The number of anilines is 1. The number of para-hydroxylation sites is 1. The van der Waals surface area contributed by atoms with Gasteiger partial charge in [-0.25, -0.2) is 0 Å². The molecule has 186 valence electrons. The van der Waals surface area contributed by atoms with E-state index in [2.05, 4.69) is 15.5 Å². The first-order valence-electron chi connectivity index (χ1n) is 10.8. The van der Waals surface area contributed by atoms with E-state index in [9.17, 15) is 18.5 Å². The molecule has 0 unspecified atom stereocenters. The molecule has 1 amide bonds. The van der Waals surface area contributed by atoms with Crippen molar-refractivity contribution in [1.82, 2.24) is 10.2 Å². The SMILES string of the molecule is COc1ccc(S(=O)(=O)Oc2ccccc2/C=C(\C#N)C(=O)Nc2nnc(Cc3ccccc3)s2)cc1. The lowest BCUT2D eigenvalue weighted by atomic mass is 10.1. The third-order valence-electron chi connectivity index (χ3n) is 5.02. The first-order valence-corrected chi connectivity index (χ1v) is 13.1. The summed E-state index contributed by atoms with van der Waals surface area (Å²) in [6.45, 7) is 0. The molecule has 0 aliphatic carbocycles. The topological polar surface area (TPSA) is 131 Å². The Labute approximate surface area is 217 Å². The van der Waals surface area contributed by atoms with Crippen molar-refractivity contribution in [2.24, 2.45) is 0 Å². The number of hydrogen-bond donors (Lipinski definition) is 1. The van der Waals surface area contributed by atoms with Gasteiger partial charge in [0.2, 0.25) is 5.13 Å². The molecule has 0 fully saturated rings. The zero-order chi connectivity index (χ0) is 26.3. The highest BCUT2D eigenvalue weighted by Crippen LogP contribution is 2.26. The fourth-order valence-electron chi connectivity index (χ4n) is 3.20. The van der Waals surface area contributed by atoms with E-state index in [4.69, 9.17) is 8.92 Å². The summed E-state index contributed by atoms with van der Waals surface area (Å²) in [5, 5.41) is 21.2. The van der Waals surface area contributed by atoms with Gasteiger partial charge < -0.3 is 8.92 Å². The van der Waals surface area contributed by atoms with Gasteiger partial charge in [0.15, 0.2) is 0 Å². The quantitative estimate of drug-likeness (QED) is 0.190. The van der Waals surface area contributed by atoms with Gasteiger partial charge in [-0.05, 0) is 42.0 Å². The Balaban J connectivity index is 1.51. The molecule has 1 heterocycles. The Morgan fingerprint density at radius 1 is 1.03 bits per heavy atom. The molecule has 0 atom stereocenters. The predicted molar refractivity (Wildman–Crippen MR) is 139 cm³/mol. The summed E-state index contributed by atoms with van der Waals surface area (Å²) in [5.74, 6) is -0.257. The van der Waals surface area contributed by atoms with Gasteiger partial charge in [0, 0.05) is 12.0 Å². The summed E-state index contributed by atoms with van der Waals surface area (Å²) in [6, 6.07) is 23.4. The van der Waals surface area contributed by atoms with Gasteiger partial charge in [-0.2, -0.15) is 13.7 Å². The molecule has 0 spiro atoms. The molecule has 1 N–H and O–H groups in total. The molecule has 11 heteroatoms.